The van der Waals surface area contributed by atoms with Gasteiger partial charge in [0.05, 0.1) is 26.3 Å². The Morgan fingerprint density at radius 1 is 1.32 bits per heavy atom. The van der Waals surface area contributed by atoms with Crippen LogP contribution in [0.15, 0.2) is 12.1 Å². The lowest BCUT2D eigenvalue weighted by molar-refractivity contribution is 0.0603. The van der Waals surface area contributed by atoms with Gasteiger partial charge in [0, 0.05) is 15.7 Å². The molecule has 0 amide bonds. The monoisotopic (exact) mass is 295 g/mol. The van der Waals surface area contributed by atoms with Crippen LogP contribution in [0.3, 0.4) is 0 Å². The van der Waals surface area contributed by atoms with E-state index < -0.39 is 8.07 Å². The van der Waals surface area contributed by atoms with E-state index in [1.807, 2.05) is 6.07 Å². The highest BCUT2D eigenvalue weighted by Gasteiger charge is 2.24. The number of aromatic amines is 1. The molecular weight excluding hydrogens is 278 g/mol. The number of rotatable bonds is 2. The van der Waals surface area contributed by atoms with Crippen molar-refractivity contribution < 1.29 is 9.53 Å². The summed E-state index contributed by atoms with van der Waals surface area (Å²) in [5.41, 5.74) is 2.51. The molecule has 0 unspecified atom stereocenters. The summed E-state index contributed by atoms with van der Waals surface area (Å²) in [6.45, 7) is 8.88. The Balaban J connectivity index is 2.83. The van der Waals surface area contributed by atoms with E-state index in [1.165, 1.54) is 18.0 Å². The fraction of sp³-hybridized carbons (Fsp3) is 0.357. The minimum absolute atomic E-state index is 0.365. The van der Waals surface area contributed by atoms with E-state index in [4.69, 9.17) is 16.3 Å². The van der Waals surface area contributed by atoms with E-state index in [9.17, 15) is 4.79 Å². The molecule has 0 bridgehead atoms. The van der Waals surface area contributed by atoms with E-state index in [1.54, 1.807) is 6.07 Å². The highest BCUT2D eigenvalue weighted by molar-refractivity contribution is 6.88. The summed E-state index contributed by atoms with van der Waals surface area (Å²) in [5.74, 6) is -0.365. The summed E-state index contributed by atoms with van der Waals surface area (Å²) in [6.07, 6.45) is 0. The molecule has 1 aromatic carbocycles. The predicted molar refractivity (Wildman–Crippen MR) is 82.4 cm³/mol. The lowest BCUT2D eigenvalue weighted by Crippen LogP contribution is -2.40. The summed E-state index contributed by atoms with van der Waals surface area (Å²) in [4.78, 5) is 15.3. The third-order valence-electron chi connectivity index (χ3n) is 3.29. The predicted octanol–water partition coefficient (Wildman–Crippen LogP) is 3.46. The number of benzene rings is 1. The second kappa shape index (κ2) is 4.69. The highest BCUT2D eigenvalue weighted by atomic mass is 35.5. The average Bonchev–Trinajstić information content (AvgIpc) is 2.65. The lowest BCUT2D eigenvalue weighted by Gasteiger charge is -2.15. The Morgan fingerprint density at radius 3 is 2.47 bits per heavy atom. The molecule has 0 fully saturated rings. The van der Waals surface area contributed by atoms with Gasteiger partial charge in [-0.3, -0.25) is 0 Å². The van der Waals surface area contributed by atoms with Crippen LogP contribution in [0.5, 0.6) is 0 Å². The summed E-state index contributed by atoms with van der Waals surface area (Å²) >= 11 is 6.11. The van der Waals surface area contributed by atoms with Crippen molar-refractivity contribution in [3.8, 4) is 0 Å². The maximum absolute atomic E-state index is 11.9. The number of aromatic nitrogens is 1. The molecule has 0 aliphatic rings. The molecule has 5 heteroatoms. The number of hydrogen-bond acceptors (Lipinski definition) is 2. The largest absolute Gasteiger partial charge is 0.465 e. The van der Waals surface area contributed by atoms with Gasteiger partial charge in [0.25, 0.3) is 0 Å². The van der Waals surface area contributed by atoms with Crippen LogP contribution in [0, 0.1) is 6.92 Å². The van der Waals surface area contributed by atoms with E-state index >= 15 is 0 Å². The van der Waals surface area contributed by atoms with Crippen LogP contribution < -0.4 is 5.32 Å². The number of H-pyrrole nitrogens is 1. The number of carbonyl (C=O) groups is 1. The maximum atomic E-state index is 11.9. The van der Waals surface area contributed by atoms with Crippen LogP contribution in [0.1, 0.15) is 15.9 Å². The number of carbonyl (C=O) groups excluding carboxylic acids is 1. The molecule has 102 valence electrons. The number of aryl methyl sites for hydroxylation is 1. The van der Waals surface area contributed by atoms with Crippen molar-refractivity contribution in [3.05, 3.63) is 28.3 Å². The van der Waals surface area contributed by atoms with E-state index in [2.05, 4.69) is 31.5 Å². The Kier molecular flexibility index (Phi) is 3.49. The van der Waals surface area contributed by atoms with Crippen molar-refractivity contribution in [3.63, 3.8) is 0 Å². The smallest absolute Gasteiger partial charge is 0.340 e. The van der Waals surface area contributed by atoms with Gasteiger partial charge in [-0.1, -0.05) is 31.2 Å². The van der Waals surface area contributed by atoms with E-state index in [0.29, 0.717) is 10.6 Å². The van der Waals surface area contributed by atoms with Crippen molar-refractivity contribution in [1.82, 2.24) is 4.98 Å². The van der Waals surface area contributed by atoms with Crippen molar-refractivity contribution in [2.24, 2.45) is 0 Å². The number of esters is 1. The zero-order valence-electron chi connectivity index (χ0n) is 11.8. The fourth-order valence-electron chi connectivity index (χ4n) is 2.41. The van der Waals surface area contributed by atoms with Crippen LogP contribution in [-0.4, -0.2) is 26.1 Å². The number of methoxy groups -OCH3 is 1. The first-order valence-electron chi connectivity index (χ1n) is 6.16. The van der Waals surface area contributed by atoms with E-state index in [-0.39, 0.29) is 5.97 Å². The number of fused-ring (bicyclic) bond motifs is 1. The zero-order chi connectivity index (χ0) is 14.4. The molecule has 0 spiro atoms. The van der Waals surface area contributed by atoms with Gasteiger partial charge in [0.15, 0.2) is 0 Å². The number of halogens is 1. The zero-order valence-corrected chi connectivity index (χ0v) is 13.6. The molecule has 1 heterocycles. The molecule has 2 rings (SSSR count). The van der Waals surface area contributed by atoms with Crippen LogP contribution in [0.25, 0.3) is 10.9 Å². The van der Waals surface area contributed by atoms with Crippen molar-refractivity contribution in [2.45, 2.75) is 26.6 Å². The van der Waals surface area contributed by atoms with Gasteiger partial charge in [0.1, 0.15) is 0 Å². The lowest BCUT2D eigenvalue weighted by atomic mass is 10.1. The average molecular weight is 296 g/mol. The number of ether oxygens (including phenoxy) is 1. The summed E-state index contributed by atoms with van der Waals surface area (Å²) < 4.78 is 4.83. The minimum Gasteiger partial charge on any atom is -0.465 e. The van der Waals surface area contributed by atoms with Gasteiger partial charge in [-0.2, -0.15) is 0 Å². The molecule has 0 radical (unpaired) electrons. The Labute approximate surface area is 118 Å². The van der Waals surface area contributed by atoms with Crippen molar-refractivity contribution >= 4 is 41.9 Å². The van der Waals surface area contributed by atoms with Crippen LogP contribution in [-0.2, 0) is 4.74 Å². The molecule has 0 aliphatic heterocycles. The molecular formula is C14H18ClNO2Si. The standard InChI is InChI=1S/C14H18ClNO2Si/c1-8-10-6-9(15)7-11(14(17)18-2)12(10)16-13(8)19(3,4)5/h6-7,16H,1-5H3. The minimum atomic E-state index is -1.50. The topological polar surface area (TPSA) is 42.1 Å². The van der Waals surface area contributed by atoms with Gasteiger partial charge >= 0.3 is 5.97 Å². The Morgan fingerprint density at radius 2 is 1.95 bits per heavy atom. The Bertz CT molecular complexity index is 655. The molecule has 0 aliphatic carbocycles. The second-order valence-corrected chi connectivity index (χ2v) is 11.2. The molecule has 2 aromatic rings. The van der Waals surface area contributed by atoms with Gasteiger partial charge in [-0.15, -0.1) is 0 Å². The first-order valence-corrected chi connectivity index (χ1v) is 10.0. The third-order valence-corrected chi connectivity index (χ3v) is 5.51. The van der Waals surface area contributed by atoms with Crippen LogP contribution in [0.4, 0.5) is 0 Å². The van der Waals surface area contributed by atoms with Crippen LogP contribution in [0.2, 0.25) is 24.7 Å². The summed E-state index contributed by atoms with van der Waals surface area (Å²) in [6, 6.07) is 3.55. The molecule has 1 aromatic heterocycles. The van der Waals surface area contributed by atoms with Crippen molar-refractivity contribution in [2.75, 3.05) is 7.11 Å². The Hall–Kier alpha value is -1.26. The third kappa shape index (κ3) is 2.42. The highest BCUT2D eigenvalue weighted by Crippen LogP contribution is 2.27. The fourth-order valence-corrected chi connectivity index (χ4v) is 4.39. The molecule has 19 heavy (non-hydrogen) atoms. The van der Waals surface area contributed by atoms with Gasteiger partial charge in [-0.25, -0.2) is 4.79 Å². The number of nitrogens with one attached hydrogen (secondary N) is 1. The van der Waals surface area contributed by atoms with E-state index in [0.717, 1.165) is 10.9 Å². The maximum Gasteiger partial charge on any atom is 0.340 e. The number of hydrogen-bond donors (Lipinski definition) is 1. The second-order valence-electron chi connectivity index (χ2n) is 5.74. The van der Waals surface area contributed by atoms with Crippen LogP contribution >= 0.6 is 11.6 Å². The quantitative estimate of drug-likeness (QED) is 0.681. The van der Waals surface area contributed by atoms with Gasteiger partial charge in [-0.05, 0) is 24.6 Å². The van der Waals surface area contributed by atoms with Crippen molar-refractivity contribution in [1.29, 1.82) is 0 Å². The molecule has 0 saturated carbocycles. The first-order chi connectivity index (χ1) is 8.75. The summed E-state index contributed by atoms with van der Waals surface area (Å²) in [7, 11) is -0.118. The van der Waals surface area contributed by atoms with Gasteiger partial charge in [0.2, 0.25) is 0 Å². The van der Waals surface area contributed by atoms with Gasteiger partial charge < -0.3 is 9.72 Å². The SMILES string of the molecule is COC(=O)c1cc(Cl)cc2c(C)c([Si](C)(C)C)[nH]c12. The molecule has 1 N–H and O–H groups in total. The normalized spacial score (nSPS) is 11.9. The summed E-state index contributed by atoms with van der Waals surface area (Å²) in [5, 5.41) is 2.80. The molecule has 0 saturated heterocycles. The molecule has 3 nitrogen and oxygen atoms in total. The molecule has 0 atom stereocenters. The first kappa shape index (κ1) is 14.2.